The number of carbonyl (C=O) groups is 1. The zero-order valence-corrected chi connectivity index (χ0v) is 17.3. The van der Waals surface area contributed by atoms with E-state index in [9.17, 15) is 18.0 Å². The van der Waals surface area contributed by atoms with E-state index in [2.05, 4.69) is 20.7 Å². The number of tetrazole rings is 1. The maximum atomic E-state index is 13.1. The molecule has 3 rings (SSSR count). The quantitative estimate of drug-likeness (QED) is 0.474. The minimum Gasteiger partial charge on any atom is -0.489 e. The third-order valence-corrected chi connectivity index (χ3v) is 4.37. The minimum absolute atomic E-state index is 0.0498. The van der Waals surface area contributed by atoms with Crippen molar-refractivity contribution in [3.05, 3.63) is 54.1 Å². The van der Waals surface area contributed by atoms with Gasteiger partial charge in [-0.3, -0.25) is 4.79 Å². The van der Waals surface area contributed by atoms with Crippen LogP contribution in [-0.2, 0) is 22.3 Å². The molecule has 0 aliphatic carbocycles. The van der Waals surface area contributed by atoms with E-state index in [4.69, 9.17) is 9.47 Å². The van der Waals surface area contributed by atoms with Crippen molar-refractivity contribution in [2.24, 2.45) is 0 Å². The van der Waals surface area contributed by atoms with Gasteiger partial charge in [0.25, 0.3) is 0 Å². The van der Waals surface area contributed by atoms with Gasteiger partial charge in [-0.2, -0.15) is 18.0 Å². The first kappa shape index (κ1) is 23.2. The van der Waals surface area contributed by atoms with Gasteiger partial charge in [0, 0.05) is 19.1 Å². The van der Waals surface area contributed by atoms with Crippen LogP contribution < -0.4 is 10.1 Å². The summed E-state index contributed by atoms with van der Waals surface area (Å²) in [6.45, 7) is 0.712. The number of carbonyl (C=O) groups excluding carboxylic acids is 1. The molecule has 0 saturated heterocycles. The van der Waals surface area contributed by atoms with Crippen LogP contribution in [0.25, 0.3) is 11.4 Å². The van der Waals surface area contributed by atoms with Crippen LogP contribution >= 0.6 is 0 Å². The highest BCUT2D eigenvalue weighted by atomic mass is 19.4. The maximum Gasteiger partial charge on any atom is 0.416 e. The number of halogens is 3. The number of ether oxygens (including phenoxy) is 2. The lowest BCUT2D eigenvalue weighted by molar-refractivity contribution is -0.137. The molecule has 1 N–H and O–H groups in total. The van der Waals surface area contributed by atoms with Gasteiger partial charge in [-0.1, -0.05) is 30.3 Å². The van der Waals surface area contributed by atoms with Crippen molar-refractivity contribution in [1.82, 2.24) is 20.2 Å². The molecule has 0 bridgehead atoms. The number of methoxy groups -OCH3 is 1. The van der Waals surface area contributed by atoms with Crippen LogP contribution in [0.4, 0.5) is 18.9 Å². The number of aromatic nitrogens is 4. The number of hydrogen-bond donors (Lipinski definition) is 1. The Bertz CT molecular complexity index is 1030. The molecule has 170 valence electrons. The standard InChI is InChI=1S/C21H22F3N5O3/c1-31-12-13-32-18-10-9-16(21(22,23)24)14-17(18)25-19(30)8-5-11-29-27-20(26-28-29)15-6-3-2-4-7-15/h2-4,6-7,9-10,14H,5,8,11-13H2,1H3,(H,25,30). The van der Waals surface area contributed by atoms with E-state index in [1.54, 1.807) is 0 Å². The molecule has 32 heavy (non-hydrogen) atoms. The summed E-state index contributed by atoms with van der Waals surface area (Å²) in [5.74, 6) is 0.148. The molecule has 0 unspecified atom stereocenters. The maximum absolute atomic E-state index is 13.1. The van der Waals surface area contributed by atoms with Crippen molar-refractivity contribution in [2.75, 3.05) is 25.6 Å². The Balaban J connectivity index is 1.58. The second kappa shape index (κ2) is 10.7. The Kier molecular flexibility index (Phi) is 7.77. The lowest BCUT2D eigenvalue weighted by Gasteiger charge is -2.15. The van der Waals surface area contributed by atoms with Crippen molar-refractivity contribution >= 4 is 11.6 Å². The second-order valence-corrected chi connectivity index (χ2v) is 6.78. The molecule has 1 heterocycles. The van der Waals surface area contributed by atoms with Crippen molar-refractivity contribution in [2.45, 2.75) is 25.6 Å². The highest BCUT2D eigenvalue weighted by molar-refractivity contribution is 5.92. The molecule has 11 heteroatoms. The van der Waals surface area contributed by atoms with Crippen LogP contribution in [0.15, 0.2) is 48.5 Å². The van der Waals surface area contributed by atoms with Crippen molar-refractivity contribution in [3.8, 4) is 17.1 Å². The van der Waals surface area contributed by atoms with E-state index < -0.39 is 17.6 Å². The Morgan fingerprint density at radius 1 is 1.12 bits per heavy atom. The molecule has 1 aromatic heterocycles. The van der Waals surface area contributed by atoms with Crippen molar-refractivity contribution in [1.29, 1.82) is 0 Å². The number of nitrogens with one attached hydrogen (secondary N) is 1. The lowest BCUT2D eigenvalue weighted by atomic mass is 10.1. The molecule has 0 aliphatic heterocycles. The number of aryl methyl sites for hydroxylation is 1. The van der Waals surface area contributed by atoms with Gasteiger partial charge >= 0.3 is 6.18 Å². The van der Waals surface area contributed by atoms with Gasteiger partial charge in [0.2, 0.25) is 11.7 Å². The van der Waals surface area contributed by atoms with E-state index in [-0.39, 0.29) is 31.1 Å². The van der Waals surface area contributed by atoms with Gasteiger partial charge in [-0.05, 0) is 29.8 Å². The lowest BCUT2D eigenvalue weighted by Crippen LogP contribution is -2.16. The highest BCUT2D eigenvalue weighted by Gasteiger charge is 2.31. The molecule has 2 aromatic carbocycles. The summed E-state index contributed by atoms with van der Waals surface area (Å²) in [4.78, 5) is 13.7. The van der Waals surface area contributed by atoms with Gasteiger partial charge < -0.3 is 14.8 Å². The predicted octanol–water partition coefficient (Wildman–Crippen LogP) is 3.80. The fourth-order valence-corrected chi connectivity index (χ4v) is 2.80. The first-order valence-electron chi connectivity index (χ1n) is 9.83. The normalized spacial score (nSPS) is 11.4. The van der Waals surface area contributed by atoms with E-state index >= 15 is 0 Å². The Labute approximate surface area is 182 Å². The first-order valence-corrected chi connectivity index (χ1v) is 9.83. The summed E-state index contributed by atoms with van der Waals surface area (Å²) in [5, 5.41) is 14.7. The van der Waals surface area contributed by atoms with Crippen LogP contribution in [-0.4, -0.2) is 46.4 Å². The van der Waals surface area contributed by atoms with Gasteiger partial charge in [0.1, 0.15) is 12.4 Å². The molecular formula is C21H22F3N5O3. The first-order chi connectivity index (χ1) is 15.4. The molecule has 8 nitrogen and oxygen atoms in total. The summed E-state index contributed by atoms with van der Waals surface area (Å²) in [6, 6.07) is 12.3. The van der Waals surface area contributed by atoms with E-state index in [1.807, 2.05) is 30.3 Å². The summed E-state index contributed by atoms with van der Waals surface area (Å²) < 4.78 is 49.5. The Morgan fingerprint density at radius 3 is 2.62 bits per heavy atom. The monoisotopic (exact) mass is 449 g/mol. The third-order valence-electron chi connectivity index (χ3n) is 4.37. The predicted molar refractivity (Wildman–Crippen MR) is 110 cm³/mol. The summed E-state index contributed by atoms with van der Waals surface area (Å²) >= 11 is 0. The molecule has 3 aromatic rings. The zero-order chi connectivity index (χ0) is 23.0. The second-order valence-electron chi connectivity index (χ2n) is 6.78. The van der Waals surface area contributed by atoms with Gasteiger partial charge in [0.05, 0.1) is 24.4 Å². The molecule has 0 saturated carbocycles. The Morgan fingerprint density at radius 2 is 1.91 bits per heavy atom. The number of nitrogens with zero attached hydrogens (tertiary/aromatic N) is 4. The summed E-state index contributed by atoms with van der Waals surface area (Å²) in [6.07, 6.45) is -4.12. The van der Waals surface area contributed by atoms with Crippen molar-refractivity contribution in [3.63, 3.8) is 0 Å². The molecule has 0 atom stereocenters. The average molecular weight is 449 g/mol. The van der Waals surface area contributed by atoms with E-state index in [0.717, 1.165) is 17.7 Å². The van der Waals surface area contributed by atoms with Gasteiger partial charge in [0.15, 0.2) is 0 Å². The van der Waals surface area contributed by atoms with Gasteiger partial charge in [-0.15, -0.1) is 10.2 Å². The third kappa shape index (κ3) is 6.51. The van der Waals surface area contributed by atoms with Crippen LogP contribution in [0.1, 0.15) is 18.4 Å². The zero-order valence-electron chi connectivity index (χ0n) is 17.3. The highest BCUT2D eigenvalue weighted by Crippen LogP contribution is 2.35. The van der Waals surface area contributed by atoms with Crippen LogP contribution in [0.2, 0.25) is 0 Å². The fraction of sp³-hybridized carbons (Fsp3) is 0.333. The molecule has 0 spiro atoms. The average Bonchev–Trinajstić information content (AvgIpc) is 3.24. The van der Waals surface area contributed by atoms with Crippen LogP contribution in [0, 0.1) is 0 Å². The van der Waals surface area contributed by atoms with Crippen molar-refractivity contribution < 1.29 is 27.4 Å². The topological polar surface area (TPSA) is 91.2 Å². The number of anilines is 1. The number of amides is 1. The SMILES string of the molecule is COCCOc1ccc(C(F)(F)F)cc1NC(=O)CCCn1nnc(-c2ccccc2)n1. The summed E-state index contributed by atoms with van der Waals surface area (Å²) in [5.41, 5.74) is -0.111. The number of rotatable bonds is 10. The van der Waals surface area contributed by atoms with E-state index in [0.29, 0.717) is 18.8 Å². The smallest absolute Gasteiger partial charge is 0.416 e. The molecule has 0 fully saturated rings. The number of hydrogen-bond acceptors (Lipinski definition) is 6. The molecule has 1 amide bonds. The fourth-order valence-electron chi connectivity index (χ4n) is 2.80. The number of alkyl halides is 3. The van der Waals surface area contributed by atoms with E-state index in [1.165, 1.54) is 18.0 Å². The Hall–Kier alpha value is -3.47. The van der Waals surface area contributed by atoms with Crippen LogP contribution in [0.3, 0.4) is 0 Å². The molecule has 0 radical (unpaired) electrons. The summed E-state index contributed by atoms with van der Waals surface area (Å²) in [7, 11) is 1.48. The minimum atomic E-state index is -4.54. The molecular weight excluding hydrogens is 427 g/mol. The largest absolute Gasteiger partial charge is 0.489 e. The number of benzene rings is 2. The molecule has 0 aliphatic rings. The van der Waals surface area contributed by atoms with Crippen LogP contribution in [0.5, 0.6) is 5.75 Å². The van der Waals surface area contributed by atoms with Gasteiger partial charge in [-0.25, -0.2) is 0 Å².